The minimum absolute atomic E-state index is 0.155. The lowest BCUT2D eigenvalue weighted by molar-refractivity contribution is -0.131. The number of carboxylic acids is 1. The summed E-state index contributed by atoms with van der Waals surface area (Å²) in [5.74, 6) is -1.73. The van der Waals surface area contributed by atoms with E-state index in [4.69, 9.17) is 5.11 Å². The van der Waals surface area contributed by atoms with Gasteiger partial charge < -0.3 is 9.29 Å². The normalized spacial score (nSPS) is 12.6. The molecular weight excluding hydrogens is 313 g/mol. The van der Waals surface area contributed by atoms with Crippen LogP contribution in [0.1, 0.15) is 18.1 Å². The van der Waals surface area contributed by atoms with E-state index in [0.29, 0.717) is 0 Å². The Morgan fingerprint density at radius 1 is 1.38 bits per heavy atom. The quantitative estimate of drug-likeness (QED) is 0.511. The molecule has 1 N–H and O–H groups in total. The number of benzene rings is 1. The third-order valence-corrected chi connectivity index (χ3v) is 3.38. The lowest BCUT2D eigenvalue weighted by Crippen LogP contribution is -2.28. The van der Waals surface area contributed by atoms with Gasteiger partial charge >= 0.3 is 21.6 Å². The van der Waals surface area contributed by atoms with Crippen LogP contribution < -0.4 is 4.18 Å². The third kappa shape index (κ3) is 4.22. The molecule has 0 bridgehead atoms. The number of hydrogen-bond acceptors (Lipinski definition) is 4. The van der Waals surface area contributed by atoms with E-state index in [1.165, 1.54) is 12.1 Å². The third-order valence-electron chi connectivity index (χ3n) is 2.41. The van der Waals surface area contributed by atoms with Gasteiger partial charge in [0.1, 0.15) is 5.75 Å². The van der Waals surface area contributed by atoms with Gasteiger partial charge in [-0.2, -0.15) is 21.6 Å². The predicted octanol–water partition coefficient (Wildman–Crippen LogP) is 2.58. The van der Waals surface area contributed by atoms with E-state index in [1.54, 1.807) is 6.92 Å². The van der Waals surface area contributed by atoms with E-state index < -0.39 is 27.3 Å². The Balaban J connectivity index is 3.27. The Hall–Kier alpha value is -2.03. The molecule has 0 amide bonds. The molecule has 0 fully saturated rings. The van der Waals surface area contributed by atoms with E-state index in [9.17, 15) is 26.4 Å². The van der Waals surface area contributed by atoms with Crippen LogP contribution in [-0.4, -0.2) is 25.0 Å². The molecule has 5 nitrogen and oxygen atoms in total. The summed E-state index contributed by atoms with van der Waals surface area (Å²) < 4.78 is 63.0. The maximum absolute atomic E-state index is 12.3. The van der Waals surface area contributed by atoms with Crippen molar-refractivity contribution in [1.82, 2.24) is 0 Å². The van der Waals surface area contributed by atoms with E-state index in [2.05, 4.69) is 4.18 Å². The van der Waals surface area contributed by atoms with Crippen molar-refractivity contribution in [2.24, 2.45) is 0 Å². The lowest BCUT2D eigenvalue weighted by Gasteiger charge is -2.13. The average Bonchev–Trinajstić information content (AvgIpc) is 2.34. The number of rotatable bonds is 5. The first-order valence-corrected chi connectivity index (χ1v) is 7.03. The van der Waals surface area contributed by atoms with Crippen molar-refractivity contribution in [3.05, 3.63) is 35.4 Å². The van der Waals surface area contributed by atoms with Gasteiger partial charge in [-0.15, -0.1) is 0 Å². The summed E-state index contributed by atoms with van der Waals surface area (Å²) in [4.78, 5) is 10.5. The fourth-order valence-electron chi connectivity index (χ4n) is 1.52. The molecule has 9 heteroatoms. The molecule has 0 aromatic heterocycles. The zero-order valence-corrected chi connectivity index (χ0v) is 11.5. The summed E-state index contributed by atoms with van der Waals surface area (Å²) in [6.45, 7) is 1.57. The van der Waals surface area contributed by atoms with Crippen molar-refractivity contribution >= 4 is 22.2 Å². The van der Waals surface area contributed by atoms with Gasteiger partial charge in [0.25, 0.3) is 0 Å². The zero-order chi connectivity index (χ0) is 16.3. The fraction of sp³-hybridized carbons (Fsp3) is 0.250. The monoisotopic (exact) mass is 324 g/mol. The van der Waals surface area contributed by atoms with Crippen LogP contribution in [0.5, 0.6) is 5.75 Å². The van der Waals surface area contributed by atoms with Crippen LogP contribution in [0, 0.1) is 0 Å². The van der Waals surface area contributed by atoms with E-state index in [-0.39, 0.29) is 17.5 Å². The van der Waals surface area contributed by atoms with E-state index in [0.717, 1.165) is 18.2 Å². The molecule has 0 aliphatic rings. The summed E-state index contributed by atoms with van der Waals surface area (Å²) >= 11 is 0. The molecule has 0 atom stereocenters. The first-order chi connectivity index (χ1) is 9.58. The van der Waals surface area contributed by atoms with Crippen LogP contribution in [-0.2, 0) is 21.3 Å². The van der Waals surface area contributed by atoms with E-state index >= 15 is 0 Å². The van der Waals surface area contributed by atoms with Gasteiger partial charge in [0, 0.05) is 11.6 Å². The minimum atomic E-state index is -5.77. The Morgan fingerprint density at radius 3 is 2.48 bits per heavy atom. The van der Waals surface area contributed by atoms with Crippen molar-refractivity contribution in [3.8, 4) is 5.75 Å². The van der Waals surface area contributed by atoms with Crippen LogP contribution in [0.25, 0.3) is 6.08 Å². The number of hydrogen-bond donors (Lipinski definition) is 1. The molecule has 116 valence electrons. The number of aliphatic carboxylic acids is 1. The molecule has 0 spiro atoms. The van der Waals surface area contributed by atoms with Crippen molar-refractivity contribution in [2.45, 2.75) is 18.9 Å². The standard InChI is InChI=1S/C12H11F3O5S/c1-2-9-8(6-7-11(16)17)4-3-5-10(9)20-21(18,19)12(13,14)15/h3-7H,2H2,1H3,(H,16,17)/b7-6+. The minimum Gasteiger partial charge on any atom is -0.478 e. The summed E-state index contributed by atoms with van der Waals surface area (Å²) in [7, 11) is -5.77. The molecule has 1 aromatic rings. The van der Waals surface area contributed by atoms with Crippen LogP contribution in [0.15, 0.2) is 24.3 Å². The summed E-state index contributed by atoms with van der Waals surface area (Å²) in [6.07, 6.45) is 2.09. The summed E-state index contributed by atoms with van der Waals surface area (Å²) in [6, 6.07) is 3.77. The highest BCUT2D eigenvalue weighted by molar-refractivity contribution is 7.88. The molecule has 0 heterocycles. The van der Waals surface area contributed by atoms with E-state index in [1.807, 2.05) is 0 Å². The maximum atomic E-state index is 12.3. The molecule has 0 aliphatic carbocycles. The van der Waals surface area contributed by atoms with Crippen LogP contribution >= 0.6 is 0 Å². The Morgan fingerprint density at radius 2 is 2.00 bits per heavy atom. The second kappa shape index (κ2) is 6.17. The SMILES string of the molecule is CCc1c(/C=C/C(=O)O)cccc1OS(=O)(=O)C(F)(F)F. The van der Waals surface area contributed by atoms with Gasteiger partial charge in [0.05, 0.1) is 0 Å². The molecule has 0 radical (unpaired) electrons. The molecule has 0 saturated heterocycles. The molecular formula is C12H11F3O5S. The Labute approximate surface area is 118 Å². The summed E-state index contributed by atoms with van der Waals surface area (Å²) in [5.41, 5.74) is -5.12. The number of alkyl halides is 3. The molecule has 21 heavy (non-hydrogen) atoms. The summed E-state index contributed by atoms with van der Waals surface area (Å²) in [5, 5.41) is 8.54. The van der Waals surface area contributed by atoms with Crippen LogP contribution in [0.4, 0.5) is 13.2 Å². The van der Waals surface area contributed by atoms with Crippen LogP contribution in [0.2, 0.25) is 0 Å². The van der Waals surface area contributed by atoms with Crippen molar-refractivity contribution in [1.29, 1.82) is 0 Å². The molecule has 0 saturated carbocycles. The number of halogens is 3. The van der Waals surface area contributed by atoms with Gasteiger partial charge in [-0.05, 0) is 24.1 Å². The molecule has 1 rings (SSSR count). The maximum Gasteiger partial charge on any atom is 0.534 e. The number of carbonyl (C=O) groups is 1. The highest BCUT2D eigenvalue weighted by atomic mass is 32.2. The van der Waals surface area contributed by atoms with Crippen molar-refractivity contribution < 1.29 is 35.7 Å². The average molecular weight is 324 g/mol. The second-order valence-corrected chi connectivity index (χ2v) is 5.37. The highest BCUT2D eigenvalue weighted by Gasteiger charge is 2.48. The Bertz CT molecular complexity index is 662. The first kappa shape index (κ1) is 17.0. The largest absolute Gasteiger partial charge is 0.534 e. The molecule has 1 aromatic carbocycles. The predicted molar refractivity (Wildman–Crippen MR) is 68.1 cm³/mol. The molecule has 0 aliphatic heterocycles. The van der Waals surface area contributed by atoms with Crippen LogP contribution in [0.3, 0.4) is 0 Å². The molecule has 0 unspecified atom stereocenters. The van der Waals surface area contributed by atoms with Gasteiger partial charge in [-0.25, -0.2) is 4.79 Å². The first-order valence-electron chi connectivity index (χ1n) is 5.62. The van der Waals surface area contributed by atoms with Crippen molar-refractivity contribution in [3.63, 3.8) is 0 Å². The lowest BCUT2D eigenvalue weighted by atomic mass is 10.0. The van der Waals surface area contributed by atoms with Gasteiger partial charge in [-0.3, -0.25) is 0 Å². The smallest absolute Gasteiger partial charge is 0.478 e. The topological polar surface area (TPSA) is 80.7 Å². The number of carboxylic acid groups (broad SMARTS) is 1. The van der Waals surface area contributed by atoms with Crippen molar-refractivity contribution in [2.75, 3.05) is 0 Å². The van der Waals surface area contributed by atoms with Gasteiger partial charge in [0.2, 0.25) is 0 Å². The Kier molecular flexibility index (Phi) is 5.00. The van der Waals surface area contributed by atoms with Gasteiger partial charge in [-0.1, -0.05) is 19.1 Å². The highest BCUT2D eigenvalue weighted by Crippen LogP contribution is 2.31. The zero-order valence-electron chi connectivity index (χ0n) is 10.7. The van der Waals surface area contributed by atoms with Gasteiger partial charge in [0.15, 0.2) is 0 Å². The fourth-order valence-corrected chi connectivity index (χ4v) is 2.01. The second-order valence-electron chi connectivity index (χ2n) is 3.83.